The van der Waals surface area contributed by atoms with Crippen molar-refractivity contribution in [3.63, 3.8) is 0 Å². The monoisotopic (exact) mass is 173 g/mol. The molecule has 1 saturated heterocycles. The molecule has 0 aliphatic carbocycles. The lowest BCUT2D eigenvalue weighted by atomic mass is 10.0. The SMILES string of the molecule is CC1(F)CCCN(CC=O)CC1. The van der Waals surface area contributed by atoms with Crippen LogP contribution < -0.4 is 0 Å². The van der Waals surface area contributed by atoms with E-state index in [4.69, 9.17) is 0 Å². The lowest BCUT2D eigenvalue weighted by molar-refractivity contribution is -0.108. The van der Waals surface area contributed by atoms with Gasteiger partial charge in [0.05, 0.1) is 6.54 Å². The summed E-state index contributed by atoms with van der Waals surface area (Å²) in [4.78, 5) is 12.2. The molecule has 0 radical (unpaired) electrons. The predicted octanol–water partition coefficient (Wildman–Crippen LogP) is 1.40. The smallest absolute Gasteiger partial charge is 0.133 e. The van der Waals surface area contributed by atoms with Crippen molar-refractivity contribution in [3.8, 4) is 0 Å². The highest BCUT2D eigenvalue weighted by atomic mass is 19.1. The standard InChI is InChI=1S/C9H16FNO/c1-9(10)3-2-5-11(6-4-9)7-8-12/h8H,2-7H2,1H3. The van der Waals surface area contributed by atoms with Crippen LogP contribution in [-0.4, -0.2) is 36.5 Å². The molecule has 12 heavy (non-hydrogen) atoms. The van der Waals surface area contributed by atoms with Crippen molar-refractivity contribution in [1.82, 2.24) is 4.90 Å². The Kier molecular flexibility index (Phi) is 3.20. The van der Waals surface area contributed by atoms with Gasteiger partial charge in [-0.15, -0.1) is 0 Å². The molecule has 1 unspecified atom stereocenters. The summed E-state index contributed by atoms with van der Waals surface area (Å²) in [6, 6.07) is 0. The van der Waals surface area contributed by atoms with E-state index in [0.29, 0.717) is 25.9 Å². The van der Waals surface area contributed by atoms with E-state index in [-0.39, 0.29) is 0 Å². The number of halogens is 1. The third kappa shape index (κ3) is 2.89. The number of carbonyl (C=O) groups excluding carboxylic acids is 1. The second kappa shape index (κ2) is 3.99. The minimum absolute atomic E-state index is 0.454. The van der Waals surface area contributed by atoms with Gasteiger partial charge in [0.25, 0.3) is 0 Å². The van der Waals surface area contributed by atoms with Gasteiger partial charge in [0.2, 0.25) is 0 Å². The molecule has 0 aromatic heterocycles. The highest BCUT2D eigenvalue weighted by Crippen LogP contribution is 2.25. The van der Waals surface area contributed by atoms with Crippen molar-refractivity contribution < 1.29 is 9.18 Å². The van der Waals surface area contributed by atoms with Gasteiger partial charge in [-0.25, -0.2) is 4.39 Å². The van der Waals surface area contributed by atoms with Gasteiger partial charge in [-0.2, -0.15) is 0 Å². The van der Waals surface area contributed by atoms with Crippen LogP contribution >= 0.6 is 0 Å². The van der Waals surface area contributed by atoms with Gasteiger partial charge >= 0.3 is 0 Å². The zero-order chi connectivity index (χ0) is 9.03. The number of nitrogens with zero attached hydrogens (tertiary/aromatic N) is 1. The number of rotatable bonds is 2. The van der Waals surface area contributed by atoms with Crippen LogP contribution in [0.4, 0.5) is 4.39 Å². The summed E-state index contributed by atoms with van der Waals surface area (Å²) in [5, 5.41) is 0. The minimum atomic E-state index is -1.02. The van der Waals surface area contributed by atoms with E-state index >= 15 is 0 Å². The van der Waals surface area contributed by atoms with Crippen molar-refractivity contribution >= 4 is 6.29 Å². The largest absolute Gasteiger partial charge is 0.302 e. The van der Waals surface area contributed by atoms with E-state index in [1.807, 2.05) is 4.90 Å². The van der Waals surface area contributed by atoms with Crippen molar-refractivity contribution in [1.29, 1.82) is 0 Å². The Labute approximate surface area is 72.7 Å². The first kappa shape index (κ1) is 9.65. The Bertz CT molecular complexity index is 159. The summed E-state index contributed by atoms with van der Waals surface area (Å²) in [5.41, 5.74) is -1.02. The molecule has 1 aliphatic rings. The third-order valence-corrected chi connectivity index (χ3v) is 2.45. The predicted molar refractivity (Wildman–Crippen MR) is 45.9 cm³/mol. The van der Waals surface area contributed by atoms with Gasteiger partial charge < -0.3 is 4.79 Å². The third-order valence-electron chi connectivity index (χ3n) is 2.45. The Morgan fingerprint density at radius 3 is 2.92 bits per heavy atom. The fourth-order valence-electron chi connectivity index (χ4n) is 1.59. The highest BCUT2D eigenvalue weighted by Gasteiger charge is 2.26. The quantitative estimate of drug-likeness (QED) is 0.588. The maximum Gasteiger partial charge on any atom is 0.133 e. The van der Waals surface area contributed by atoms with Gasteiger partial charge in [0.15, 0.2) is 0 Å². The second-order valence-corrected chi connectivity index (χ2v) is 3.73. The van der Waals surface area contributed by atoms with Crippen molar-refractivity contribution in [2.24, 2.45) is 0 Å². The topological polar surface area (TPSA) is 20.3 Å². The summed E-state index contributed by atoms with van der Waals surface area (Å²) < 4.78 is 13.4. The van der Waals surface area contributed by atoms with Gasteiger partial charge in [0.1, 0.15) is 12.0 Å². The zero-order valence-corrected chi connectivity index (χ0v) is 7.55. The average Bonchev–Trinajstić information content (AvgIpc) is 2.14. The Morgan fingerprint density at radius 1 is 1.50 bits per heavy atom. The van der Waals surface area contributed by atoms with Crippen LogP contribution in [-0.2, 0) is 4.79 Å². The van der Waals surface area contributed by atoms with Crippen LogP contribution in [0.5, 0.6) is 0 Å². The number of aldehydes is 1. The molecule has 1 fully saturated rings. The van der Waals surface area contributed by atoms with E-state index in [2.05, 4.69) is 0 Å². The number of hydrogen-bond donors (Lipinski definition) is 0. The molecule has 1 aliphatic heterocycles. The van der Waals surface area contributed by atoms with E-state index in [1.165, 1.54) is 0 Å². The molecule has 1 rings (SSSR count). The number of likely N-dealkylation sites (tertiary alicyclic amines) is 1. The number of hydrogen-bond acceptors (Lipinski definition) is 2. The number of alkyl halides is 1. The first-order chi connectivity index (χ1) is 5.64. The molecule has 0 aromatic carbocycles. The lowest BCUT2D eigenvalue weighted by Crippen LogP contribution is -2.28. The summed E-state index contributed by atoms with van der Waals surface area (Å²) in [6.07, 6.45) is 2.94. The highest BCUT2D eigenvalue weighted by molar-refractivity contribution is 5.51. The molecule has 70 valence electrons. The van der Waals surface area contributed by atoms with Crippen LogP contribution in [0.2, 0.25) is 0 Å². The fourth-order valence-corrected chi connectivity index (χ4v) is 1.59. The Hall–Kier alpha value is -0.440. The van der Waals surface area contributed by atoms with E-state index in [1.54, 1.807) is 6.92 Å². The zero-order valence-electron chi connectivity index (χ0n) is 7.55. The van der Waals surface area contributed by atoms with Crippen LogP contribution in [0.15, 0.2) is 0 Å². The summed E-state index contributed by atoms with van der Waals surface area (Å²) in [6.45, 7) is 3.68. The van der Waals surface area contributed by atoms with Crippen molar-refractivity contribution in [2.75, 3.05) is 19.6 Å². The maximum atomic E-state index is 13.4. The van der Waals surface area contributed by atoms with Gasteiger partial charge in [-0.05, 0) is 32.7 Å². The fraction of sp³-hybridized carbons (Fsp3) is 0.889. The first-order valence-electron chi connectivity index (χ1n) is 4.49. The molecule has 2 nitrogen and oxygen atoms in total. The molecular formula is C9H16FNO. The van der Waals surface area contributed by atoms with Crippen LogP contribution in [0.3, 0.4) is 0 Å². The van der Waals surface area contributed by atoms with Gasteiger partial charge in [-0.1, -0.05) is 0 Å². The molecule has 0 spiro atoms. The Balaban J connectivity index is 2.39. The second-order valence-electron chi connectivity index (χ2n) is 3.73. The molecule has 0 bridgehead atoms. The van der Waals surface area contributed by atoms with Gasteiger partial charge in [-0.3, -0.25) is 4.90 Å². The molecule has 0 amide bonds. The number of carbonyl (C=O) groups is 1. The molecule has 1 heterocycles. The van der Waals surface area contributed by atoms with Crippen molar-refractivity contribution in [3.05, 3.63) is 0 Å². The molecule has 0 saturated carbocycles. The minimum Gasteiger partial charge on any atom is -0.302 e. The van der Waals surface area contributed by atoms with E-state index in [0.717, 1.165) is 19.3 Å². The first-order valence-corrected chi connectivity index (χ1v) is 4.49. The van der Waals surface area contributed by atoms with Crippen LogP contribution in [0.25, 0.3) is 0 Å². The maximum absolute atomic E-state index is 13.4. The Morgan fingerprint density at radius 2 is 2.25 bits per heavy atom. The molecule has 0 aromatic rings. The van der Waals surface area contributed by atoms with Crippen molar-refractivity contribution in [2.45, 2.75) is 31.9 Å². The van der Waals surface area contributed by atoms with E-state index < -0.39 is 5.67 Å². The molecule has 1 atom stereocenters. The van der Waals surface area contributed by atoms with E-state index in [9.17, 15) is 9.18 Å². The van der Waals surface area contributed by atoms with Crippen LogP contribution in [0, 0.1) is 0 Å². The summed E-state index contributed by atoms with van der Waals surface area (Å²) in [5.74, 6) is 0. The van der Waals surface area contributed by atoms with Crippen LogP contribution in [0.1, 0.15) is 26.2 Å². The lowest BCUT2D eigenvalue weighted by Gasteiger charge is -2.18. The normalized spacial score (nSPS) is 32.8. The van der Waals surface area contributed by atoms with Gasteiger partial charge in [0, 0.05) is 6.54 Å². The molecule has 3 heteroatoms. The average molecular weight is 173 g/mol. The molecule has 0 N–H and O–H groups in total. The molecular weight excluding hydrogens is 157 g/mol. The summed E-state index contributed by atoms with van der Waals surface area (Å²) in [7, 11) is 0. The summed E-state index contributed by atoms with van der Waals surface area (Å²) >= 11 is 0.